The van der Waals surface area contributed by atoms with Gasteiger partial charge in [-0.25, -0.2) is 10.2 Å². The van der Waals surface area contributed by atoms with E-state index in [1.807, 2.05) is 36.4 Å². The van der Waals surface area contributed by atoms with Gasteiger partial charge < -0.3 is 14.6 Å². The molecule has 0 saturated heterocycles. The van der Waals surface area contributed by atoms with Crippen LogP contribution in [0.2, 0.25) is 0 Å². The van der Waals surface area contributed by atoms with Crippen molar-refractivity contribution in [1.29, 1.82) is 0 Å². The fourth-order valence-corrected chi connectivity index (χ4v) is 2.49. The van der Waals surface area contributed by atoms with Crippen LogP contribution in [0.1, 0.15) is 21.5 Å². The van der Waals surface area contributed by atoms with Crippen LogP contribution in [0.4, 0.5) is 4.79 Å². The number of hydrogen-bond acceptors (Lipinski definition) is 5. The summed E-state index contributed by atoms with van der Waals surface area (Å²) in [6, 6.07) is 23.0. The van der Waals surface area contributed by atoms with Crippen molar-refractivity contribution >= 4 is 12.0 Å². The molecule has 0 atom stereocenters. The topological polar surface area (TPSA) is 96.9 Å². The molecule has 0 bridgehead atoms. The van der Waals surface area contributed by atoms with Gasteiger partial charge in [0.2, 0.25) is 0 Å². The fourth-order valence-electron chi connectivity index (χ4n) is 2.49. The smallest absolute Gasteiger partial charge is 0.426 e. The predicted molar refractivity (Wildman–Crippen MR) is 106 cm³/mol. The largest absolute Gasteiger partial charge is 0.507 e. The van der Waals surface area contributed by atoms with E-state index >= 15 is 0 Å². The Bertz CT molecular complexity index is 976. The first kappa shape index (κ1) is 19.8. The number of phenols is 1. The van der Waals surface area contributed by atoms with Crippen LogP contribution in [0, 0.1) is 0 Å². The first-order chi connectivity index (χ1) is 14.1. The van der Waals surface area contributed by atoms with Gasteiger partial charge >= 0.3 is 6.09 Å². The third-order valence-corrected chi connectivity index (χ3v) is 3.94. The van der Waals surface area contributed by atoms with Gasteiger partial charge in [-0.1, -0.05) is 54.6 Å². The van der Waals surface area contributed by atoms with Crippen molar-refractivity contribution in [1.82, 2.24) is 10.9 Å². The highest BCUT2D eigenvalue weighted by Crippen LogP contribution is 2.16. The average molecular weight is 392 g/mol. The van der Waals surface area contributed by atoms with Crippen molar-refractivity contribution in [3.05, 3.63) is 95.6 Å². The van der Waals surface area contributed by atoms with Crippen molar-refractivity contribution < 1.29 is 24.2 Å². The molecule has 148 valence electrons. The van der Waals surface area contributed by atoms with Gasteiger partial charge in [0.1, 0.15) is 24.7 Å². The molecule has 3 aromatic carbocycles. The Labute approximate surface area is 167 Å². The van der Waals surface area contributed by atoms with Crippen molar-refractivity contribution in [3.8, 4) is 11.5 Å². The Morgan fingerprint density at radius 2 is 1.52 bits per heavy atom. The Kier molecular flexibility index (Phi) is 6.67. The minimum Gasteiger partial charge on any atom is -0.507 e. The summed E-state index contributed by atoms with van der Waals surface area (Å²) >= 11 is 0. The van der Waals surface area contributed by atoms with Gasteiger partial charge in [0, 0.05) is 0 Å². The normalized spacial score (nSPS) is 10.1. The van der Waals surface area contributed by atoms with Crippen LogP contribution < -0.4 is 15.6 Å². The lowest BCUT2D eigenvalue weighted by Crippen LogP contribution is -2.41. The van der Waals surface area contributed by atoms with Crippen LogP contribution in [-0.4, -0.2) is 17.1 Å². The van der Waals surface area contributed by atoms with Gasteiger partial charge in [0.25, 0.3) is 5.91 Å². The summed E-state index contributed by atoms with van der Waals surface area (Å²) in [6.07, 6.45) is -0.829. The summed E-state index contributed by atoms with van der Waals surface area (Å²) < 4.78 is 10.8. The molecule has 0 aliphatic rings. The second-order valence-electron chi connectivity index (χ2n) is 6.09. The van der Waals surface area contributed by atoms with Gasteiger partial charge in [-0.05, 0) is 35.4 Å². The number of phenolic OH excluding ortho intramolecular Hbond substituents is 1. The van der Waals surface area contributed by atoms with Gasteiger partial charge in [-0.15, -0.1) is 0 Å². The molecular formula is C22H20N2O5. The summed E-state index contributed by atoms with van der Waals surface area (Å²) in [7, 11) is 0. The number of carbonyl (C=O) groups excluding carboxylic acids is 2. The molecular weight excluding hydrogens is 372 g/mol. The first-order valence-corrected chi connectivity index (χ1v) is 8.88. The average Bonchev–Trinajstić information content (AvgIpc) is 2.76. The number of hydrogen-bond donors (Lipinski definition) is 3. The molecule has 0 fully saturated rings. The third kappa shape index (κ3) is 6.00. The monoisotopic (exact) mass is 392 g/mol. The Morgan fingerprint density at radius 1 is 0.793 bits per heavy atom. The minimum absolute atomic E-state index is 0.000821. The lowest BCUT2D eigenvalue weighted by atomic mass is 10.2. The van der Waals surface area contributed by atoms with Crippen molar-refractivity contribution in [3.63, 3.8) is 0 Å². The molecule has 0 spiro atoms. The highest BCUT2D eigenvalue weighted by Gasteiger charge is 2.11. The van der Waals surface area contributed by atoms with E-state index < -0.39 is 12.0 Å². The van der Waals surface area contributed by atoms with E-state index in [1.165, 1.54) is 12.1 Å². The summed E-state index contributed by atoms with van der Waals surface area (Å²) in [4.78, 5) is 23.7. The van der Waals surface area contributed by atoms with Crippen LogP contribution in [0.3, 0.4) is 0 Å². The summed E-state index contributed by atoms with van der Waals surface area (Å²) in [5.74, 6) is -0.188. The molecule has 0 saturated carbocycles. The maximum atomic E-state index is 11.9. The highest BCUT2D eigenvalue weighted by atomic mass is 16.6. The van der Waals surface area contributed by atoms with Crippen LogP contribution in [-0.2, 0) is 18.0 Å². The van der Waals surface area contributed by atoms with Gasteiger partial charge in [0.05, 0.1) is 5.56 Å². The molecule has 0 radical (unpaired) electrons. The molecule has 7 heteroatoms. The second-order valence-corrected chi connectivity index (χ2v) is 6.09. The van der Waals surface area contributed by atoms with E-state index in [9.17, 15) is 14.7 Å². The van der Waals surface area contributed by atoms with Crippen molar-refractivity contribution in [2.24, 2.45) is 0 Å². The van der Waals surface area contributed by atoms with Crippen LogP contribution in [0.15, 0.2) is 78.9 Å². The first-order valence-electron chi connectivity index (χ1n) is 8.88. The summed E-state index contributed by atoms with van der Waals surface area (Å²) in [5.41, 5.74) is 6.14. The van der Waals surface area contributed by atoms with Crippen LogP contribution >= 0.6 is 0 Å². The Morgan fingerprint density at radius 3 is 2.31 bits per heavy atom. The standard InChI is InChI=1S/C22H20N2O5/c25-20-12-5-4-11-19(20)21(26)23-24-22(27)29-15-17-9-6-10-18(13-17)28-14-16-7-2-1-3-8-16/h1-13,25H,14-15H2,(H,23,26)(H,24,27). The van der Waals surface area contributed by atoms with Gasteiger partial charge in [0.15, 0.2) is 0 Å². The summed E-state index contributed by atoms with van der Waals surface area (Å²) in [5, 5.41) is 9.62. The number of amides is 2. The second kappa shape index (κ2) is 9.80. The highest BCUT2D eigenvalue weighted by molar-refractivity contribution is 5.97. The number of carbonyl (C=O) groups is 2. The molecule has 0 aliphatic carbocycles. The lowest BCUT2D eigenvalue weighted by Gasteiger charge is -2.10. The van der Waals surface area contributed by atoms with E-state index in [-0.39, 0.29) is 17.9 Å². The molecule has 0 aromatic heterocycles. The predicted octanol–water partition coefficient (Wildman–Crippen LogP) is 3.54. The molecule has 0 heterocycles. The number of aromatic hydroxyl groups is 1. The van der Waals surface area contributed by atoms with Crippen LogP contribution in [0.25, 0.3) is 0 Å². The Hall–Kier alpha value is -4.00. The number of benzene rings is 3. The van der Waals surface area contributed by atoms with Crippen LogP contribution in [0.5, 0.6) is 11.5 Å². The van der Waals surface area contributed by atoms with Crippen molar-refractivity contribution in [2.45, 2.75) is 13.2 Å². The maximum absolute atomic E-state index is 11.9. The molecule has 29 heavy (non-hydrogen) atoms. The lowest BCUT2D eigenvalue weighted by molar-refractivity contribution is 0.0902. The van der Waals surface area contributed by atoms with Gasteiger partial charge in [-0.3, -0.25) is 10.2 Å². The van der Waals surface area contributed by atoms with E-state index in [0.717, 1.165) is 11.1 Å². The third-order valence-electron chi connectivity index (χ3n) is 3.94. The Balaban J connectivity index is 1.45. The molecule has 3 N–H and O–H groups in total. The van der Waals surface area contributed by atoms with Crippen molar-refractivity contribution in [2.75, 3.05) is 0 Å². The number of ether oxygens (including phenoxy) is 2. The number of rotatable bonds is 6. The molecule has 2 amide bonds. The fraction of sp³-hybridized carbons (Fsp3) is 0.0909. The number of nitrogens with one attached hydrogen (secondary N) is 2. The maximum Gasteiger partial charge on any atom is 0.426 e. The molecule has 3 aromatic rings. The number of para-hydroxylation sites is 1. The van der Waals surface area contributed by atoms with Gasteiger partial charge in [-0.2, -0.15) is 0 Å². The zero-order chi connectivity index (χ0) is 20.5. The van der Waals surface area contributed by atoms with E-state index in [0.29, 0.717) is 12.4 Å². The molecule has 7 nitrogen and oxygen atoms in total. The SMILES string of the molecule is O=C(NNC(=O)c1ccccc1O)OCc1cccc(OCc2ccccc2)c1. The molecule has 3 rings (SSSR count). The quantitative estimate of drug-likeness (QED) is 0.558. The molecule has 0 aliphatic heterocycles. The van der Waals surface area contributed by atoms with E-state index in [2.05, 4.69) is 10.9 Å². The van der Waals surface area contributed by atoms with E-state index in [1.54, 1.807) is 30.3 Å². The van der Waals surface area contributed by atoms with E-state index in [4.69, 9.17) is 9.47 Å². The summed E-state index contributed by atoms with van der Waals surface area (Å²) in [6.45, 7) is 0.435. The minimum atomic E-state index is -0.829. The zero-order valence-electron chi connectivity index (χ0n) is 15.5. The zero-order valence-corrected chi connectivity index (χ0v) is 15.5. The number of hydrazine groups is 1. The molecule has 0 unspecified atom stereocenters.